The first-order chi connectivity index (χ1) is 9.61. The lowest BCUT2D eigenvalue weighted by molar-refractivity contribution is 0.332. The summed E-state index contributed by atoms with van der Waals surface area (Å²) in [5, 5.41) is 0.633. The van der Waals surface area contributed by atoms with Crippen LogP contribution >= 0.6 is 11.8 Å². The molecule has 0 saturated carbocycles. The summed E-state index contributed by atoms with van der Waals surface area (Å²) in [4.78, 5) is 4.29. The quantitative estimate of drug-likeness (QED) is 0.455. The lowest BCUT2D eigenvalue weighted by atomic mass is 10.2. The largest absolute Gasteiger partial charge is 0.494 e. The summed E-state index contributed by atoms with van der Waals surface area (Å²) in [6, 6.07) is 7.63. The fourth-order valence-electron chi connectivity index (χ4n) is 1.42. The van der Waals surface area contributed by atoms with Gasteiger partial charge >= 0.3 is 0 Å². The number of hydrogen-bond acceptors (Lipinski definition) is 4. The SMILES string of the molecule is CCOc1ccc(OCCSC(N)=NCC(C)C)cc1. The van der Waals surface area contributed by atoms with E-state index in [9.17, 15) is 0 Å². The zero-order valence-corrected chi connectivity index (χ0v) is 13.3. The van der Waals surface area contributed by atoms with Gasteiger partial charge in [-0.15, -0.1) is 0 Å². The summed E-state index contributed by atoms with van der Waals surface area (Å²) < 4.78 is 11.0. The van der Waals surface area contributed by atoms with E-state index in [1.165, 1.54) is 11.8 Å². The highest BCUT2D eigenvalue weighted by atomic mass is 32.2. The number of ether oxygens (including phenoxy) is 2. The van der Waals surface area contributed by atoms with Crippen LogP contribution in [-0.4, -0.2) is 30.7 Å². The van der Waals surface area contributed by atoms with Crippen LogP contribution in [0.2, 0.25) is 0 Å². The van der Waals surface area contributed by atoms with Crippen LogP contribution in [0.3, 0.4) is 0 Å². The molecule has 2 N–H and O–H groups in total. The second kappa shape index (κ2) is 9.53. The Kier molecular flexibility index (Phi) is 7.95. The molecule has 0 fully saturated rings. The fourth-order valence-corrected chi connectivity index (χ4v) is 1.96. The van der Waals surface area contributed by atoms with Gasteiger partial charge in [0.1, 0.15) is 11.5 Å². The summed E-state index contributed by atoms with van der Waals surface area (Å²) in [6.45, 7) is 8.26. The zero-order valence-electron chi connectivity index (χ0n) is 12.5. The minimum absolute atomic E-state index is 0.536. The first-order valence-electron chi connectivity index (χ1n) is 6.90. The highest BCUT2D eigenvalue weighted by Crippen LogP contribution is 2.17. The molecule has 0 aliphatic rings. The first-order valence-corrected chi connectivity index (χ1v) is 7.88. The molecule has 0 atom stereocenters. The molecule has 1 rings (SSSR count). The van der Waals surface area contributed by atoms with Crippen LogP contribution in [0, 0.1) is 5.92 Å². The number of benzene rings is 1. The molecular weight excluding hydrogens is 272 g/mol. The van der Waals surface area contributed by atoms with Gasteiger partial charge in [-0.3, -0.25) is 4.99 Å². The molecule has 0 amide bonds. The van der Waals surface area contributed by atoms with Crippen LogP contribution in [0.5, 0.6) is 11.5 Å². The Morgan fingerprint density at radius 1 is 1.20 bits per heavy atom. The number of rotatable bonds is 8. The molecule has 5 heteroatoms. The lowest BCUT2D eigenvalue weighted by Crippen LogP contribution is -2.12. The van der Waals surface area contributed by atoms with Gasteiger partial charge in [0.15, 0.2) is 5.17 Å². The van der Waals surface area contributed by atoms with E-state index in [0.717, 1.165) is 23.8 Å². The Labute approximate surface area is 125 Å². The van der Waals surface area contributed by atoms with Gasteiger partial charge in [-0.1, -0.05) is 25.6 Å². The van der Waals surface area contributed by atoms with Crippen molar-refractivity contribution in [3.05, 3.63) is 24.3 Å². The monoisotopic (exact) mass is 296 g/mol. The maximum absolute atomic E-state index is 5.80. The minimum atomic E-state index is 0.536. The third kappa shape index (κ3) is 7.28. The lowest BCUT2D eigenvalue weighted by Gasteiger charge is -2.07. The average molecular weight is 296 g/mol. The molecule has 0 spiro atoms. The molecule has 1 aromatic rings. The third-order valence-electron chi connectivity index (χ3n) is 2.35. The Balaban J connectivity index is 2.22. The van der Waals surface area contributed by atoms with E-state index < -0.39 is 0 Å². The predicted molar refractivity (Wildman–Crippen MR) is 86.9 cm³/mol. The molecule has 0 aliphatic carbocycles. The number of aliphatic imine (C=N–C) groups is 1. The van der Waals surface area contributed by atoms with Crippen molar-refractivity contribution in [3.8, 4) is 11.5 Å². The fraction of sp³-hybridized carbons (Fsp3) is 0.533. The van der Waals surface area contributed by atoms with Crippen LogP contribution in [0.4, 0.5) is 0 Å². The van der Waals surface area contributed by atoms with Crippen molar-refractivity contribution >= 4 is 16.9 Å². The first kappa shape index (κ1) is 16.7. The maximum atomic E-state index is 5.80. The number of nitrogens with zero attached hydrogens (tertiary/aromatic N) is 1. The van der Waals surface area contributed by atoms with Crippen molar-refractivity contribution in [1.82, 2.24) is 0 Å². The molecule has 0 aromatic heterocycles. The van der Waals surface area contributed by atoms with E-state index in [1.807, 2.05) is 31.2 Å². The van der Waals surface area contributed by atoms with E-state index >= 15 is 0 Å². The Morgan fingerprint density at radius 3 is 2.35 bits per heavy atom. The number of nitrogens with two attached hydrogens (primary N) is 1. The zero-order chi connectivity index (χ0) is 14.8. The minimum Gasteiger partial charge on any atom is -0.494 e. The van der Waals surface area contributed by atoms with Crippen molar-refractivity contribution < 1.29 is 9.47 Å². The van der Waals surface area contributed by atoms with E-state index in [1.54, 1.807) is 0 Å². The second-order valence-electron chi connectivity index (χ2n) is 4.67. The molecule has 0 aliphatic heterocycles. The second-order valence-corrected chi connectivity index (χ2v) is 5.79. The molecule has 0 bridgehead atoms. The van der Waals surface area contributed by atoms with Crippen LogP contribution in [0.15, 0.2) is 29.3 Å². The molecule has 0 radical (unpaired) electrons. The van der Waals surface area contributed by atoms with Crippen LogP contribution in [0.25, 0.3) is 0 Å². The van der Waals surface area contributed by atoms with Crippen molar-refractivity contribution in [1.29, 1.82) is 0 Å². The average Bonchev–Trinajstić information content (AvgIpc) is 2.43. The molecule has 0 saturated heterocycles. The van der Waals surface area contributed by atoms with Gasteiger partial charge < -0.3 is 15.2 Å². The topological polar surface area (TPSA) is 56.8 Å². The smallest absolute Gasteiger partial charge is 0.154 e. The summed E-state index contributed by atoms with van der Waals surface area (Å²) in [6.07, 6.45) is 0. The van der Waals surface area contributed by atoms with Gasteiger partial charge in [-0.05, 0) is 37.1 Å². The molecule has 4 nitrogen and oxygen atoms in total. The standard InChI is InChI=1S/C15H24N2O2S/c1-4-18-13-5-7-14(8-6-13)19-9-10-20-15(16)17-11-12(2)3/h5-8,12H,4,9-11H2,1-3H3,(H2,16,17). The van der Waals surface area contributed by atoms with Crippen LogP contribution < -0.4 is 15.2 Å². The van der Waals surface area contributed by atoms with E-state index in [-0.39, 0.29) is 0 Å². The van der Waals surface area contributed by atoms with Gasteiger partial charge in [-0.2, -0.15) is 0 Å². The van der Waals surface area contributed by atoms with Gasteiger partial charge in [0, 0.05) is 12.3 Å². The summed E-state index contributed by atoms with van der Waals surface area (Å²) in [7, 11) is 0. The molecule has 0 heterocycles. The van der Waals surface area contributed by atoms with E-state index in [4.69, 9.17) is 15.2 Å². The number of hydrogen-bond donors (Lipinski definition) is 1. The molecule has 0 unspecified atom stereocenters. The van der Waals surface area contributed by atoms with Crippen LogP contribution in [0.1, 0.15) is 20.8 Å². The third-order valence-corrected chi connectivity index (χ3v) is 3.14. The normalized spacial score (nSPS) is 11.7. The maximum Gasteiger partial charge on any atom is 0.154 e. The predicted octanol–water partition coefficient (Wildman–Crippen LogP) is 3.17. The van der Waals surface area contributed by atoms with Crippen LogP contribution in [-0.2, 0) is 0 Å². The van der Waals surface area contributed by atoms with Gasteiger partial charge in [0.25, 0.3) is 0 Å². The van der Waals surface area contributed by atoms with Gasteiger partial charge in [-0.25, -0.2) is 0 Å². The summed E-state index contributed by atoms with van der Waals surface area (Å²) in [5.41, 5.74) is 5.80. The van der Waals surface area contributed by atoms with Crippen molar-refractivity contribution in [2.75, 3.05) is 25.5 Å². The van der Waals surface area contributed by atoms with Crippen molar-refractivity contribution in [2.45, 2.75) is 20.8 Å². The molecular formula is C15H24N2O2S. The van der Waals surface area contributed by atoms with Gasteiger partial charge in [0.05, 0.1) is 13.2 Å². The Morgan fingerprint density at radius 2 is 1.80 bits per heavy atom. The number of amidine groups is 1. The highest BCUT2D eigenvalue weighted by Gasteiger charge is 1.98. The van der Waals surface area contributed by atoms with Crippen molar-refractivity contribution in [3.63, 3.8) is 0 Å². The van der Waals surface area contributed by atoms with Gasteiger partial charge in [0.2, 0.25) is 0 Å². The molecule has 1 aromatic carbocycles. The Hall–Kier alpha value is -1.36. The van der Waals surface area contributed by atoms with E-state index in [0.29, 0.717) is 24.3 Å². The molecule has 112 valence electrons. The highest BCUT2D eigenvalue weighted by molar-refractivity contribution is 8.13. The number of thioether (sulfide) groups is 1. The van der Waals surface area contributed by atoms with E-state index in [2.05, 4.69) is 18.8 Å². The summed E-state index contributed by atoms with van der Waals surface area (Å²) in [5.74, 6) is 3.03. The Bertz CT molecular complexity index is 405. The summed E-state index contributed by atoms with van der Waals surface area (Å²) >= 11 is 1.53. The van der Waals surface area contributed by atoms with Crippen molar-refractivity contribution in [2.24, 2.45) is 16.6 Å². The molecule has 20 heavy (non-hydrogen) atoms.